The van der Waals surface area contributed by atoms with Crippen molar-refractivity contribution in [2.45, 2.75) is 32.2 Å². The van der Waals surface area contributed by atoms with E-state index in [4.69, 9.17) is 16.7 Å². The average molecular weight is 280 g/mol. The third-order valence-electron chi connectivity index (χ3n) is 3.81. The van der Waals surface area contributed by atoms with Crippen LogP contribution in [-0.2, 0) is 6.54 Å². The van der Waals surface area contributed by atoms with E-state index in [-0.39, 0.29) is 10.6 Å². The third kappa shape index (κ3) is 2.30. The zero-order chi connectivity index (χ0) is 13.4. The van der Waals surface area contributed by atoms with Crippen LogP contribution in [0.15, 0.2) is 12.1 Å². The highest BCUT2D eigenvalue weighted by Crippen LogP contribution is 2.30. The smallest absolute Gasteiger partial charge is 0.337 e. The molecule has 6 heteroatoms. The lowest BCUT2D eigenvalue weighted by molar-refractivity contribution is 0.0697. The van der Waals surface area contributed by atoms with Crippen LogP contribution in [0, 0.1) is 5.92 Å². The van der Waals surface area contributed by atoms with Crippen molar-refractivity contribution >= 4 is 28.6 Å². The van der Waals surface area contributed by atoms with Gasteiger partial charge in [0.15, 0.2) is 0 Å². The fraction of sp³-hybridized carbons (Fsp3) is 0.462. The van der Waals surface area contributed by atoms with Crippen LogP contribution in [0.3, 0.4) is 0 Å². The first-order valence-electron chi connectivity index (χ1n) is 6.41. The third-order valence-corrected chi connectivity index (χ3v) is 4.12. The van der Waals surface area contributed by atoms with Crippen molar-refractivity contribution in [3.8, 4) is 0 Å². The molecule has 1 N–H and O–H groups in total. The van der Waals surface area contributed by atoms with Crippen molar-refractivity contribution in [3.63, 3.8) is 0 Å². The Balaban J connectivity index is 1.89. The summed E-state index contributed by atoms with van der Waals surface area (Å²) in [5.41, 5.74) is 1.45. The molecule has 1 heterocycles. The standard InChI is InChI=1S/C13H14ClN3O2/c14-10-7-12-11(6-9(10)13(18)19)15-16-17(12)5-4-8-2-1-3-8/h6-8H,1-5H2,(H,18,19). The highest BCUT2D eigenvalue weighted by Gasteiger charge is 2.18. The summed E-state index contributed by atoms with van der Waals surface area (Å²) in [6.45, 7) is 0.809. The highest BCUT2D eigenvalue weighted by atomic mass is 35.5. The number of aromatic carboxylic acids is 1. The molecule has 100 valence electrons. The van der Waals surface area contributed by atoms with E-state index in [0.717, 1.165) is 24.4 Å². The van der Waals surface area contributed by atoms with Crippen LogP contribution in [0.5, 0.6) is 0 Å². The molecule has 2 aromatic rings. The summed E-state index contributed by atoms with van der Waals surface area (Å²) in [4.78, 5) is 11.0. The van der Waals surface area contributed by atoms with Gasteiger partial charge in [-0.25, -0.2) is 9.48 Å². The maximum absolute atomic E-state index is 11.0. The van der Waals surface area contributed by atoms with Gasteiger partial charge >= 0.3 is 5.97 Å². The Labute approximate surface area is 115 Å². The average Bonchev–Trinajstić information content (AvgIpc) is 2.68. The van der Waals surface area contributed by atoms with Crippen molar-refractivity contribution in [2.24, 2.45) is 5.92 Å². The number of hydrogen-bond acceptors (Lipinski definition) is 3. The van der Waals surface area contributed by atoms with Crippen molar-refractivity contribution in [1.82, 2.24) is 15.0 Å². The molecule has 19 heavy (non-hydrogen) atoms. The predicted molar refractivity (Wildman–Crippen MR) is 71.5 cm³/mol. The summed E-state index contributed by atoms with van der Waals surface area (Å²) in [5, 5.41) is 17.3. The van der Waals surface area contributed by atoms with Crippen LogP contribution in [0.1, 0.15) is 36.0 Å². The fourth-order valence-electron chi connectivity index (χ4n) is 2.40. The molecule has 3 rings (SSSR count). The van der Waals surface area contributed by atoms with Gasteiger partial charge in [-0.3, -0.25) is 0 Å². The molecule has 1 aromatic heterocycles. The van der Waals surface area contributed by atoms with Gasteiger partial charge in [0, 0.05) is 6.54 Å². The van der Waals surface area contributed by atoms with Crippen LogP contribution in [0.25, 0.3) is 11.0 Å². The molecule has 0 aliphatic heterocycles. The van der Waals surface area contributed by atoms with Gasteiger partial charge in [0.05, 0.1) is 16.1 Å². The second kappa shape index (κ2) is 4.81. The van der Waals surface area contributed by atoms with E-state index in [1.54, 1.807) is 6.07 Å². The molecule has 0 radical (unpaired) electrons. The first-order valence-corrected chi connectivity index (χ1v) is 6.79. The normalized spacial score (nSPS) is 15.6. The minimum absolute atomic E-state index is 0.0696. The molecule has 0 saturated heterocycles. The fourth-order valence-corrected chi connectivity index (χ4v) is 2.64. The molecule has 1 aliphatic carbocycles. The van der Waals surface area contributed by atoms with E-state index in [9.17, 15) is 4.79 Å². The Hall–Kier alpha value is -1.62. The van der Waals surface area contributed by atoms with Gasteiger partial charge in [-0.15, -0.1) is 5.10 Å². The largest absolute Gasteiger partial charge is 0.478 e. The lowest BCUT2D eigenvalue weighted by Gasteiger charge is -2.24. The number of aryl methyl sites for hydroxylation is 1. The van der Waals surface area contributed by atoms with Gasteiger partial charge in [-0.2, -0.15) is 0 Å². The molecule has 1 saturated carbocycles. The van der Waals surface area contributed by atoms with Gasteiger partial charge in [-0.1, -0.05) is 36.1 Å². The van der Waals surface area contributed by atoms with Gasteiger partial charge in [0.2, 0.25) is 0 Å². The second-order valence-corrected chi connectivity index (χ2v) is 5.43. The van der Waals surface area contributed by atoms with Gasteiger partial charge < -0.3 is 5.11 Å². The Bertz CT molecular complexity index is 634. The monoisotopic (exact) mass is 279 g/mol. The Kier molecular flexibility index (Phi) is 3.14. The van der Waals surface area contributed by atoms with Crippen LogP contribution < -0.4 is 0 Å². The molecule has 0 unspecified atom stereocenters. The van der Waals surface area contributed by atoms with Crippen molar-refractivity contribution in [3.05, 3.63) is 22.7 Å². The molecule has 1 aromatic carbocycles. The predicted octanol–water partition coefficient (Wildman–Crippen LogP) is 2.97. The first kappa shape index (κ1) is 12.4. The lowest BCUT2D eigenvalue weighted by atomic mass is 9.83. The molecule has 5 nitrogen and oxygen atoms in total. The number of aromatic nitrogens is 3. The molecule has 1 fully saturated rings. The number of nitrogens with zero attached hydrogens (tertiary/aromatic N) is 3. The summed E-state index contributed by atoms with van der Waals surface area (Å²) in [6.07, 6.45) is 5.03. The second-order valence-electron chi connectivity index (χ2n) is 5.02. The van der Waals surface area contributed by atoms with Crippen LogP contribution in [-0.4, -0.2) is 26.1 Å². The van der Waals surface area contributed by atoms with Crippen molar-refractivity contribution < 1.29 is 9.90 Å². The van der Waals surface area contributed by atoms with E-state index in [1.807, 2.05) is 4.68 Å². The molecular formula is C13H14ClN3O2. The van der Waals surface area contributed by atoms with Crippen molar-refractivity contribution in [1.29, 1.82) is 0 Å². The summed E-state index contributed by atoms with van der Waals surface area (Å²) in [6, 6.07) is 3.12. The molecule has 0 amide bonds. The lowest BCUT2D eigenvalue weighted by Crippen LogP contribution is -2.14. The topological polar surface area (TPSA) is 68.0 Å². The minimum atomic E-state index is -1.05. The number of rotatable bonds is 4. The number of carboxylic acid groups (broad SMARTS) is 1. The molecule has 0 atom stereocenters. The zero-order valence-electron chi connectivity index (χ0n) is 10.3. The van der Waals surface area contributed by atoms with E-state index in [1.165, 1.54) is 25.3 Å². The SMILES string of the molecule is O=C(O)c1cc2nnn(CCC3CCC3)c2cc1Cl. The Morgan fingerprint density at radius 1 is 1.47 bits per heavy atom. The molecule has 1 aliphatic rings. The summed E-state index contributed by atoms with van der Waals surface area (Å²) in [7, 11) is 0. The Morgan fingerprint density at radius 3 is 2.89 bits per heavy atom. The van der Waals surface area contributed by atoms with Gasteiger partial charge in [0.1, 0.15) is 5.52 Å². The zero-order valence-corrected chi connectivity index (χ0v) is 11.1. The summed E-state index contributed by atoms with van der Waals surface area (Å²) < 4.78 is 1.81. The summed E-state index contributed by atoms with van der Waals surface area (Å²) in [5.74, 6) is -0.246. The van der Waals surface area contributed by atoms with Crippen molar-refractivity contribution in [2.75, 3.05) is 0 Å². The van der Waals surface area contributed by atoms with Crippen LogP contribution in [0.4, 0.5) is 0 Å². The number of carbonyl (C=O) groups is 1. The quantitative estimate of drug-likeness (QED) is 0.934. The van der Waals surface area contributed by atoms with E-state index >= 15 is 0 Å². The number of benzene rings is 1. The van der Waals surface area contributed by atoms with Gasteiger partial charge in [0.25, 0.3) is 0 Å². The maximum atomic E-state index is 11.0. The first-order chi connectivity index (χ1) is 9.15. The van der Waals surface area contributed by atoms with E-state index < -0.39 is 5.97 Å². The van der Waals surface area contributed by atoms with Gasteiger partial charge in [-0.05, 0) is 24.5 Å². The van der Waals surface area contributed by atoms with Crippen LogP contribution >= 0.6 is 11.6 Å². The van der Waals surface area contributed by atoms with E-state index in [2.05, 4.69) is 10.3 Å². The number of hydrogen-bond donors (Lipinski definition) is 1. The molecule has 0 bridgehead atoms. The van der Waals surface area contributed by atoms with Crippen LogP contribution in [0.2, 0.25) is 5.02 Å². The number of halogens is 1. The highest BCUT2D eigenvalue weighted by molar-refractivity contribution is 6.34. The number of carboxylic acids is 1. The maximum Gasteiger partial charge on any atom is 0.337 e. The van der Waals surface area contributed by atoms with E-state index in [0.29, 0.717) is 5.52 Å². The molecule has 0 spiro atoms. The number of fused-ring (bicyclic) bond motifs is 1. The Morgan fingerprint density at radius 2 is 2.26 bits per heavy atom. The molecular weight excluding hydrogens is 266 g/mol. The summed E-state index contributed by atoms with van der Waals surface area (Å²) >= 11 is 5.98. The minimum Gasteiger partial charge on any atom is -0.478 e.